The molecule has 0 unspecified atom stereocenters. The second kappa shape index (κ2) is 7.02. The van der Waals surface area contributed by atoms with Crippen molar-refractivity contribution in [3.05, 3.63) is 95.3 Å². The molecule has 1 heterocycles. The molecule has 0 aliphatic carbocycles. The topological polar surface area (TPSA) is 46.9 Å². The van der Waals surface area contributed by atoms with Crippen molar-refractivity contribution in [2.75, 3.05) is 0 Å². The molecule has 0 fully saturated rings. The number of para-hydroxylation sites is 3. The van der Waals surface area contributed by atoms with Gasteiger partial charge in [0.25, 0.3) is 5.91 Å². The van der Waals surface area contributed by atoms with Crippen LogP contribution in [0.4, 0.5) is 0 Å². The summed E-state index contributed by atoms with van der Waals surface area (Å²) in [5.41, 5.74) is 3.43. The molecule has 0 atom stereocenters. The average Bonchev–Trinajstić information content (AvgIpc) is 3.07. The van der Waals surface area contributed by atoms with E-state index in [4.69, 9.17) is 11.6 Å². The second-order valence-corrected chi connectivity index (χ2v) is 6.28. The summed E-state index contributed by atoms with van der Waals surface area (Å²) >= 11 is 6.17. The van der Waals surface area contributed by atoms with Crippen LogP contribution in [0.2, 0.25) is 5.02 Å². The van der Waals surface area contributed by atoms with E-state index in [2.05, 4.69) is 10.3 Å². The van der Waals surface area contributed by atoms with Crippen LogP contribution >= 0.6 is 11.6 Å². The fraction of sp³-hybridized carbons (Fsp3) is 0.0476. The van der Waals surface area contributed by atoms with Gasteiger partial charge in [0.05, 0.1) is 11.0 Å². The molecule has 4 rings (SSSR count). The summed E-state index contributed by atoms with van der Waals surface area (Å²) in [5.74, 6) is 0.106. The van der Waals surface area contributed by atoms with Crippen molar-refractivity contribution < 1.29 is 4.79 Å². The molecule has 1 amide bonds. The molecule has 5 heteroatoms. The first kappa shape index (κ1) is 16.4. The lowest BCUT2D eigenvalue weighted by atomic mass is 10.2. The molecular weight excluding hydrogens is 346 g/mol. The minimum atomic E-state index is -0.245. The van der Waals surface area contributed by atoms with Crippen LogP contribution in [0.15, 0.2) is 78.9 Å². The molecule has 0 aliphatic heterocycles. The van der Waals surface area contributed by atoms with E-state index in [-0.39, 0.29) is 5.91 Å². The molecule has 26 heavy (non-hydrogen) atoms. The Morgan fingerprint density at radius 2 is 1.62 bits per heavy atom. The molecule has 128 valence electrons. The highest BCUT2D eigenvalue weighted by Gasteiger charge is 2.18. The van der Waals surface area contributed by atoms with Crippen LogP contribution in [0, 0.1) is 0 Å². The van der Waals surface area contributed by atoms with E-state index in [1.54, 1.807) is 0 Å². The van der Waals surface area contributed by atoms with Crippen LogP contribution in [-0.4, -0.2) is 15.5 Å². The minimum Gasteiger partial charge on any atom is -0.345 e. The van der Waals surface area contributed by atoms with Crippen LogP contribution in [0.1, 0.15) is 16.2 Å². The number of hydrogen-bond donors (Lipinski definition) is 1. The highest BCUT2D eigenvalue weighted by Crippen LogP contribution is 2.22. The van der Waals surface area contributed by atoms with Crippen LogP contribution < -0.4 is 5.32 Å². The molecule has 3 aromatic carbocycles. The van der Waals surface area contributed by atoms with Gasteiger partial charge in [0.1, 0.15) is 0 Å². The predicted molar refractivity (Wildman–Crippen MR) is 104 cm³/mol. The number of fused-ring (bicyclic) bond motifs is 1. The largest absolute Gasteiger partial charge is 0.345 e. The van der Waals surface area contributed by atoms with Gasteiger partial charge >= 0.3 is 0 Å². The lowest BCUT2D eigenvalue weighted by Gasteiger charge is -2.10. The molecule has 0 radical (unpaired) electrons. The summed E-state index contributed by atoms with van der Waals surface area (Å²) in [6.07, 6.45) is 0. The Morgan fingerprint density at radius 3 is 2.42 bits per heavy atom. The van der Waals surface area contributed by atoms with Crippen molar-refractivity contribution in [2.24, 2.45) is 0 Å². The number of aromatic nitrogens is 2. The number of nitrogens with zero attached hydrogens (tertiary/aromatic N) is 2. The van der Waals surface area contributed by atoms with Gasteiger partial charge in [0, 0.05) is 17.3 Å². The van der Waals surface area contributed by atoms with E-state index in [0.717, 1.165) is 22.3 Å². The Kier molecular flexibility index (Phi) is 4.42. The normalized spacial score (nSPS) is 10.8. The zero-order chi connectivity index (χ0) is 17.9. The van der Waals surface area contributed by atoms with Crippen molar-refractivity contribution in [3.63, 3.8) is 0 Å². The monoisotopic (exact) mass is 361 g/mol. The molecule has 1 N–H and O–H groups in total. The SMILES string of the molecule is O=C(NCc1ccccc1Cl)c1nc2ccccc2n1-c1ccccc1. The fourth-order valence-electron chi connectivity index (χ4n) is 2.91. The maximum atomic E-state index is 12.9. The van der Waals surface area contributed by atoms with Crippen LogP contribution in [0.25, 0.3) is 16.7 Å². The lowest BCUT2D eigenvalue weighted by molar-refractivity contribution is 0.0939. The van der Waals surface area contributed by atoms with E-state index in [9.17, 15) is 4.79 Å². The first-order valence-corrected chi connectivity index (χ1v) is 8.66. The van der Waals surface area contributed by atoms with Crippen molar-refractivity contribution in [3.8, 4) is 5.69 Å². The first-order valence-electron chi connectivity index (χ1n) is 8.28. The van der Waals surface area contributed by atoms with Crippen LogP contribution in [0.5, 0.6) is 0 Å². The smallest absolute Gasteiger partial charge is 0.287 e. The number of imidazole rings is 1. The average molecular weight is 362 g/mol. The Hall–Kier alpha value is -3.11. The highest BCUT2D eigenvalue weighted by atomic mass is 35.5. The Labute approximate surface area is 156 Å². The fourth-order valence-corrected chi connectivity index (χ4v) is 3.12. The molecular formula is C21H16ClN3O. The van der Waals surface area contributed by atoms with E-state index >= 15 is 0 Å². The minimum absolute atomic E-state index is 0.245. The summed E-state index contributed by atoms with van der Waals surface area (Å²) in [6.45, 7) is 0.344. The number of rotatable bonds is 4. The third-order valence-electron chi connectivity index (χ3n) is 4.18. The van der Waals surface area contributed by atoms with E-state index < -0.39 is 0 Å². The van der Waals surface area contributed by atoms with Crippen LogP contribution in [-0.2, 0) is 6.54 Å². The van der Waals surface area contributed by atoms with Crippen molar-refractivity contribution >= 4 is 28.5 Å². The summed E-state index contributed by atoms with van der Waals surface area (Å²) in [5, 5.41) is 3.55. The Morgan fingerprint density at radius 1 is 0.923 bits per heavy atom. The molecule has 0 aliphatic rings. The maximum Gasteiger partial charge on any atom is 0.287 e. The van der Waals surface area contributed by atoms with E-state index in [1.807, 2.05) is 83.4 Å². The van der Waals surface area contributed by atoms with Gasteiger partial charge < -0.3 is 5.32 Å². The number of amides is 1. The zero-order valence-corrected chi connectivity index (χ0v) is 14.6. The quantitative estimate of drug-likeness (QED) is 0.577. The molecule has 0 spiro atoms. The third-order valence-corrected chi connectivity index (χ3v) is 4.54. The molecule has 0 saturated heterocycles. The number of nitrogens with one attached hydrogen (secondary N) is 1. The summed E-state index contributed by atoms with van der Waals surface area (Å²) in [7, 11) is 0. The van der Waals surface area contributed by atoms with Crippen molar-refractivity contribution in [2.45, 2.75) is 6.54 Å². The summed E-state index contributed by atoms with van der Waals surface area (Å²) in [4.78, 5) is 17.4. The van der Waals surface area contributed by atoms with Gasteiger partial charge in [-0.05, 0) is 35.9 Å². The second-order valence-electron chi connectivity index (χ2n) is 5.87. The molecule has 0 bridgehead atoms. The van der Waals surface area contributed by atoms with Gasteiger partial charge in [0.2, 0.25) is 5.82 Å². The molecule has 1 aromatic heterocycles. The standard InChI is InChI=1S/C21H16ClN3O/c22-17-11-5-4-8-15(17)14-23-21(26)20-24-18-12-6-7-13-19(18)25(20)16-9-2-1-3-10-16/h1-13H,14H2,(H,23,26). The number of benzene rings is 3. The van der Waals surface area contributed by atoms with E-state index in [1.165, 1.54) is 0 Å². The molecule has 4 nitrogen and oxygen atoms in total. The lowest BCUT2D eigenvalue weighted by Crippen LogP contribution is -2.26. The summed E-state index contributed by atoms with van der Waals surface area (Å²) < 4.78 is 1.87. The van der Waals surface area contributed by atoms with Gasteiger partial charge in [-0.25, -0.2) is 4.98 Å². The van der Waals surface area contributed by atoms with E-state index in [0.29, 0.717) is 17.4 Å². The van der Waals surface area contributed by atoms with Crippen molar-refractivity contribution in [1.82, 2.24) is 14.9 Å². The van der Waals surface area contributed by atoms with Gasteiger partial charge in [0.15, 0.2) is 0 Å². The van der Waals surface area contributed by atoms with Gasteiger partial charge in [-0.3, -0.25) is 9.36 Å². The maximum absolute atomic E-state index is 12.9. The number of hydrogen-bond acceptors (Lipinski definition) is 2. The van der Waals surface area contributed by atoms with Gasteiger partial charge in [-0.2, -0.15) is 0 Å². The Bertz CT molecular complexity index is 1070. The number of carbonyl (C=O) groups is 1. The van der Waals surface area contributed by atoms with Crippen molar-refractivity contribution in [1.29, 1.82) is 0 Å². The number of halogens is 1. The van der Waals surface area contributed by atoms with Gasteiger partial charge in [-0.15, -0.1) is 0 Å². The molecule has 4 aromatic rings. The van der Waals surface area contributed by atoms with Gasteiger partial charge in [-0.1, -0.05) is 60.1 Å². The third kappa shape index (κ3) is 3.07. The molecule has 0 saturated carbocycles. The zero-order valence-electron chi connectivity index (χ0n) is 13.9. The summed E-state index contributed by atoms with van der Waals surface area (Å²) in [6, 6.07) is 24.9. The number of carbonyl (C=O) groups excluding carboxylic acids is 1. The first-order chi connectivity index (χ1) is 12.7. The van der Waals surface area contributed by atoms with Crippen LogP contribution in [0.3, 0.4) is 0 Å². The Balaban J connectivity index is 1.72. The predicted octanol–water partition coefficient (Wildman–Crippen LogP) is 4.61. The highest BCUT2D eigenvalue weighted by molar-refractivity contribution is 6.31.